The fraction of sp³-hybridized carbons (Fsp3) is 0.364. The number of halogens is 3. The molecule has 0 aliphatic carbocycles. The summed E-state index contributed by atoms with van der Waals surface area (Å²) in [6.07, 6.45) is -2.98. The Labute approximate surface area is 191 Å². The van der Waals surface area contributed by atoms with Gasteiger partial charge in [-0.15, -0.1) is 0 Å². The van der Waals surface area contributed by atoms with E-state index in [1.54, 1.807) is 30.5 Å². The van der Waals surface area contributed by atoms with E-state index in [1.165, 1.54) is 4.90 Å². The van der Waals surface area contributed by atoms with Gasteiger partial charge in [-0.2, -0.15) is 18.3 Å². The van der Waals surface area contributed by atoms with E-state index in [1.807, 2.05) is 6.92 Å². The lowest BCUT2D eigenvalue weighted by molar-refractivity contribution is -0.213. The highest BCUT2D eigenvalue weighted by atomic mass is 19.4. The van der Waals surface area contributed by atoms with E-state index in [9.17, 15) is 22.8 Å². The average Bonchev–Trinajstić information content (AvgIpc) is 3.33. The Hall–Kier alpha value is -3.67. The number of fused-ring (bicyclic) bond motifs is 2. The first-order valence-electron chi connectivity index (χ1n) is 10.6. The second kappa shape index (κ2) is 8.28. The lowest BCUT2D eigenvalue weighted by Crippen LogP contribution is -2.57. The number of carbonyl (C=O) groups is 2. The highest BCUT2D eigenvalue weighted by Gasteiger charge is 2.47. The zero-order chi connectivity index (χ0) is 24.0. The van der Waals surface area contributed by atoms with Gasteiger partial charge in [0.15, 0.2) is 6.04 Å². The number of aryl methyl sites for hydroxylation is 1. The minimum atomic E-state index is -4.60. The third kappa shape index (κ3) is 3.94. The molecule has 1 atom stereocenters. The SMILES string of the molecule is Cc1[nH]nc2cc(Nc3cccc4c3C(=O)N(CC(=O)N3CCOC[C@@H]3C(F)(F)F)C4)cnc12. The summed E-state index contributed by atoms with van der Waals surface area (Å²) in [6, 6.07) is 5.03. The van der Waals surface area contributed by atoms with Gasteiger partial charge in [-0.1, -0.05) is 12.1 Å². The fourth-order valence-corrected chi connectivity index (χ4v) is 4.33. The van der Waals surface area contributed by atoms with Crippen LogP contribution in [-0.2, 0) is 16.1 Å². The number of nitrogens with zero attached hydrogens (tertiary/aromatic N) is 4. The maximum Gasteiger partial charge on any atom is 0.411 e. The summed E-state index contributed by atoms with van der Waals surface area (Å²) in [7, 11) is 0. The number of H-pyrrole nitrogens is 1. The Morgan fingerprint density at radius 2 is 2.18 bits per heavy atom. The van der Waals surface area contributed by atoms with Crippen LogP contribution >= 0.6 is 0 Å². The third-order valence-electron chi connectivity index (χ3n) is 6.01. The Bertz CT molecular complexity index is 1270. The van der Waals surface area contributed by atoms with Crippen molar-refractivity contribution in [2.24, 2.45) is 0 Å². The molecule has 5 rings (SSSR count). The molecule has 0 spiro atoms. The van der Waals surface area contributed by atoms with Gasteiger partial charge < -0.3 is 19.9 Å². The molecule has 0 saturated carbocycles. The molecule has 0 unspecified atom stereocenters. The van der Waals surface area contributed by atoms with Crippen LogP contribution < -0.4 is 5.32 Å². The summed E-state index contributed by atoms with van der Waals surface area (Å²) < 4.78 is 44.9. The number of aromatic nitrogens is 3. The number of pyridine rings is 1. The quantitative estimate of drug-likeness (QED) is 0.603. The molecule has 34 heavy (non-hydrogen) atoms. The van der Waals surface area contributed by atoms with Gasteiger partial charge in [0.05, 0.1) is 42.0 Å². The second-order valence-corrected chi connectivity index (χ2v) is 8.29. The van der Waals surface area contributed by atoms with Crippen molar-refractivity contribution < 1.29 is 27.5 Å². The fourth-order valence-electron chi connectivity index (χ4n) is 4.33. The smallest absolute Gasteiger partial charge is 0.377 e. The molecule has 1 fully saturated rings. The lowest BCUT2D eigenvalue weighted by Gasteiger charge is -2.37. The van der Waals surface area contributed by atoms with Gasteiger partial charge in [-0.3, -0.25) is 19.7 Å². The van der Waals surface area contributed by atoms with Crippen LogP contribution in [0.1, 0.15) is 21.6 Å². The summed E-state index contributed by atoms with van der Waals surface area (Å²) >= 11 is 0. The summed E-state index contributed by atoms with van der Waals surface area (Å²) in [6.45, 7) is 0.792. The summed E-state index contributed by atoms with van der Waals surface area (Å²) in [5.74, 6) is -1.18. The molecule has 2 amide bonds. The zero-order valence-electron chi connectivity index (χ0n) is 18.1. The van der Waals surface area contributed by atoms with E-state index >= 15 is 0 Å². The number of hydrogen-bond donors (Lipinski definition) is 2. The number of anilines is 2. The van der Waals surface area contributed by atoms with Gasteiger partial charge in [0.1, 0.15) is 17.6 Å². The van der Waals surface area contributed by atoms with Crippen LogP contribution in [0.4, 0.5) is 24.5 Å². The number of rotatable bonds is 4. The van der Waals surface area contributed by atoms with Crippen LogP contribution in [0.15, 0.2) is 30.5 Å². The number of nitrogens with one attached hydrogen (secondary N) is 2. The van der Waals surface area contributed by atoms with Crippen LogP contribution in [-0.4, -0.2) is 75.3 Å². The molecule has 1 aromatic carbocycles. The standard InChI is InChI=1S/C22H21F3N6O3/c1-12-20-16(29-28-12)7-14(8-26-20)27-15-4-2-3-13-9-30(21(33)19(13)15)10-18(32)31-5-6-34-11-17(31)22(23,24)25/h2-4,7-8,17,27H,5-6,9-11H2,1H3,(H,28,29)/t17-/m1/s1. The van der Waals surface area contributed by atoms with Crippen molar-refractivity contribution in [2.75, 3.05) is 31.6 Å². The topological polar surface area (TPSA) is 103 Å². The van der Waals surface area contributed by atoms with Crippen LogP contribution in [0.2, 0.25) is 0 Å². The van der Waals surface area contributed by atoms with E-state index in [0.717, 1.165) is 16.1 Å². The highest BCUT2D eigenvalue weighted by Crippen LogP contribution is 2.32. The zero-order valence-corrected chi connectivity index (χ0v) is 18.1. The second-order valence-electron chi connectivity index (χ2n) is 8.29. The number of hydrogen-bond acceptors (Lipinski definition) is 6. The number of amides is 2. The predicted octanol–water partition coefficient (Wildman–Crippen LogP) is 2.76. The van der Waals surface area contributed by atoms with Crippen molar-refractivity contribution in [1.82, 2.24) is 25.0 Å². The lowest BCUT2D eigenvalue weighted by atomic mass is 10.1. The Kier molecular flexibility index (Phi) is 5.39. The number of benzene rings is 1. The normalized spacial score (nSPS) is 18.5. The summed E-state index contributed by atoms with van der Waals surface area (Å²) in [5, 5.41) is 10.2. The van der Waals surface area contributed by atoms with Crippen molar-refractivity contribution in [2.45, 2.75) is 25.7 Å². The number of morpholine rings is 1. The maximum atomic E-state index is 13.3. The minimum Gasteiger partial charge on any atom is -0.377 e. The molecule has 1 saturated heterocycles. The maximum absolute atomic E-state index is 13.3. The van der Waals surface area contributed by atoms with Crippen molar-refractivity contribution in [1.29, 1.82) is 0 Å². The third-order valence-corrected chi connectivity index (χ3v) is 6.01. The predicted molar refractivity (Wildman–Crippen MR) is 115 cm³/mol. The molecule has 0 radical (unpaired) electrons. The average molecular weight is 474 g/mol. The molecule has 178 valence electrons. The molecule has 0 bridgehead atoms. The van der Waals surface area contributed by atoms with Crippen molar-refractivity contribution >= 4 is 34.2 Å². The number of alkyl halides is 3. The van der Waals surface area contributed by atoms with Gasteiger partial charge in [-0.05, 0) is 24.6 Å². The minimum absolute atomic E-state index is 0.0223. The van der Waals surface area contributed by atoms with Gasteiger partial charge in [0.25, 0.3) is 5.91 Å². The highest BCUT2D eigenvalue weighted by molar-refractivity contribution is 6.05. The van der Waals surface area contributed by atoms with E-state index in [-0.39, 0.29) is 19.7 Å². The molecule has 2 aliphatic heterocycles. The van der Waals surface area contributed by atoms with Gasteiger partial charge in [0, 0.05) is 13.1 Å². The van der Waals surface area contributed by atoms with E-state index < -0.39 is 37.2 Å². The number of carbonyl (C=O) groups excluding carboxylic acids is 2. The molecule has 2 aromatic heterocycles. The molecule has 2 N–H and O–H groups in total. The summed E-state index contributed by atoms with van der Waals surface area (Å²) in [5.41, 5.74) is 4.44. The van der Waals surface area contributed by atoms with Gasteiger partial charge >= 0.3 is 6.18 Å². The van der Waals surface area contributed by atoms with E-state index in [2.05, 4.69) is 20.5 Å². The molecule has 4 heterocycles. The Morgan fingerprint density at radius 3 is 2.97 bits per heavy atom. The molecule has 3 aromatic rings. The first-order chi connectivity index (χ1) is 16.2. The molecular weight excluding hydrogens is 453 g/mol. The number of ether oxygens (including phenoxy) is 1. The Balaban J connectivity index is 1.34. The summed E-state index contributed by atoms with van der Waals surface area (Å²) in [4.78, 5) is 32.3. The van der Waals surface area contributed by atoms with E-state index in [0.29, 0.717) is 28.0 Å². The first kappa shape index (κ1) is 22.1. The van der Waals surface area contributed by atoms with Gasteiger partial charge in [0.2, 0.25) is 5.91 Å². The van der Waals surface area contributed by atoms with Crippen molar-refractivity contribution in [3.8, 4) is 0 Å². The van der Waals surface area contributed by atoms with Crippen LogP contribution in [0.3, 0.4) is 0 Å². The largest absolute Gasteiger partial charge is 0.411 e. The van der Waals surface area contributed by atoms with Crippen LogP contribution in [0.5, 0.6) is 0 Å². The van der Waals surface area contributed by atoms with Crippen LogP contribution in [0, 0.1) is 6.92 Å². The molecule has 2 aliphatic rings. The van der Waals surface area contributed by atoms with Crippen LogP contribution in [0.25, 0.3) is 11.0 Å². The van der Waals surface area contributed by atoms with Crippen molar-refractivity contribution in [3.05, 3.63) is 47.3 Å². The Morgan fingerprint density at radius 1 is 1.35 bits per heavy atom. The monoisotopic (exact) mass is 474 g/mol. The molecule has 9 nitrogen and oxygen atoms in total. The van der Waals surface area contributed by atoms with E-state index in [4.69, 9.17) is 4.74 Å². The number of aromatic amines is 1. The molecular formula is C22H21F3N6O3. The van der Waals surface area contributed by atoms with Crippen molar-refractivity contribution in [3.63, 3.8) is 0 Å². The molecule has 12 heteroatoms. The first-order valence-corrected chi connectivity index (χ1v) is 10.6. The van der Waals surface area contributed by atoms with Gasteiger partial charge in [-0.25, -0.2) is 0 Å².